The number of ether oxygens (including phenoxy) is 1. The molecule has 112 valence electrons. The van der Waals surface area contributed by atoms with Crippen molar-refractivity contribution in [3.05, 3.63) is 28.5 Å². The number of carbonyl (C=O) groups is 1. The number of aromatic nitrogens is 3. The topological polar surface area (TPSA) is 69.0 Å². The van der Waals surface area contributed by atoms with Crippen LogP contribution in [0.4, 0.5) is 5.69 Å². The molecule has 1 fully saturated rings. The molecule has 3 heterocycles. The van der Waals surface area contributed by atoms with Crippen molar-refractivity contribution in [2.24, 2.45) is 5.92 Å². The van der Waals surface area contributed by atoms with Crippen LogP contribution in [0.2, 0.25) is 0 Å². The molecule has 0 aliphatic carbocycles. The number of nitrogens with zero attached hydrogens (tertiary/aromatic N) is 3. The van der Waals surface area contributed by atoms with E-state index in [1.807, 2.05) is 17.8 Å². The highest BCUT2D eigenvalue weighted by atomic mass is 32.1. The van der Waals surface area contributed by atoms with Crippen molar-refractivity contribution < 1.29 is 9.53 Å². The Hall–Kier alpha value is -1.73. The lowest BCUT2D eigenvalue weighted by Crippen LogP contribution is -2.20. The van der Waals surface area contributed by atoms with Crippen molar-refractivity contribution >= 4 is 22.9 Å². The molecule has 0 aromatic carbocycles. The molecule has 1 aliphatic heterocycles. The van der Waals surface area contributed by atoms with Crippen LogP contribution in [-0.4, -0.2) is 33.9 Å². The standard InChI is InChI=1S/C14H18N4O2S/c1-10-16-13(9-21-10)14(19)17-12-6-15-18(8-12)7-11-2-4-20-5-3-11/h6,8-9,11H,2-5,7H2,1H3,(H,17,19). The maximum atomic E-state index is 12.0. The van der Waals surface area contributed by atoms with Crippen LogP contribution in [0.25, 0.3) is 0 Å². The van der Waals surface area contributed by atoms with Crippen molar-refractivity contribution in [2.45, 2.75) is 26.3 Å². The zero-order valence-corrected chi connectivity index (χ0v) is 12.7. The van der Waals surface area contributed by atoms with Gasteiger partial charge in [-0.15, -0.1) is 11.3 Å². The molecule has 2 aromatic heterocycles. The highest BCUT2D eigenvalue weighted by Gasteiger charge is 2.15. The molecule has 0 saturated carbocycles. The molecule has 1 N–H and O–H groups in total. The Balaban J connectivity index is 1.58. The molecule has 7 heteroatoms. The quantitative estimate of drug-likeness (QED) is 0.941. The van der Waals surface area contributed by atoms with Gasteiger partial charge in [0.05, 0.1) is 16.9 Å². The fraction of sp³-hybridized carbons (Fsp3) is 0.500. The molecule has 0 bridgehead atoms. The fourth-order valence-corrected chi connectivity index (χ4v) is 2.98. The molecule has 1 aliphatic rings. The third kappa shape index (κ3) is 3.68. The van der Waals surface area contributed by atoms with Gasteiger partial charge in [0.15, 0.2) is 0 Å². The van der Waals surface area contributed by atoms with E-state index in [2.05, 4.69) is 15.4 Å². The van der Waals surface area contributed by atoms with Gasteiger partial charge in [-0.25, -0.2) is 4.98 Å². The van der Waals surface area contributed by atoms with Crippen LogP contribution in [0, 0.1) is 12.8 Å². The Morgan fingerprint density at radius 2 is 2.33 bits per heavy atom. The molecule has 0 unspecified atom stereocenters. The monoisotopic (exact) mass is 306 g/mol. The van der Waals surface area contributed by atoms with E-state index in [0.29, 0.717) is 17.3 Å². The van der Waals surface area contributed by atoms with Gasteiger partial charge < -0.3 is 10.1 Å². The summed E-state index contributed by atoms with van der Waals surface area (Å²) in [5.41, 5.74) is 1.16. The Morgan fingerprint density at radius 1 is 1.52 bits per heavy atom. The third-order valence-electron chi connectivity index (χ3n) is 3.53. The zero-order valence-electron chi connectivity index (χ0n) is 11.9. The van der Waals surface area contributed by atoms with Crippen molar-refractivity contribution in [3.8, 4) is 0 Å². The highest BCUT2D eigenvalue weighted by Crippen LogP contribution is 2.18. The molecule has 0 radical (unpaired) electrons. The second-order valence-electron chi connectivity index (χ2n) is 5.21. The van der Waals surface area contributed by atoms with Crippen LogP contribution in [0.5, 0.6) is 0 Å². The second kappa shape index (κ2) is 6.36. The number of amides is 1. The minimum absolute atomic E-state index is 0.190. The largest absolute Gasteiger partial charge is 0.381 e. The number of hydrogen-bond acceptors (Lipinski definition) is 5. The SMILES string of the molecule is Cc1nc(C(=O)Nc2cnn(CC3CCOCC3)c2)cs1. The van der Waals surface area contributed by atoms with Crippen LogP contribution in [-0.2, 0) is 11.3 Å². The first-order valence-electron chi connectivity index (χ1n) is 7.04. The fourth-order valence-electron chi connectivity index (χ4n) is 2.38. The van der Waals surface area contributed by atoms with E-state index in [1.54, 1.807) is 11.6 Å². The van der Waals surface area contributed by atoms with E-state index in [1.165, 1.54) is 11.3 Å². The highest BCUT2D eigenvalue weighted by molar-refractivity contribution is 7.09. The van der Waals surface area contributed by atoms with Gasteiger partial charge in [0.2, 0.25) is 0 Å². The smallest absolute Gasteiger partial charge is 0.275 e. The van der Waals surface area contributed by atoms with Crippen LogP contribution in [0.15, 0.2) is 17.8 Å². The molecule has 0 spiro atoms. The summed E-state index contributed by atoms with van der Waals surface area (Å²) in [4.78, 5) is 16.2. The molecule has 1 amide bonds. The first-order chi connectivity index (χ1) is 10.2. The average Bonchev–Trinajstić information content (AvgIpc) is 3.09. The zero-order chi connectivity index (χ0) is 14.7. The van der Waals surface area contributed by atoms with E-state index in [9.17, 15) is 4.79 Å². The number of anilines is 1. The first kappa shape index (κ1) is 14.2. The lowest BCUT2D eigenvalue weighted by Gasteiger charge is -2.21. The number of hydrogen-bond donors (Lipinski definition) is 1. The van der Waals surface area contributed by atoms with Crippen LogP contribution < -0.4 is 5.32 Å². The van der Waals surface area contributed by atoms with Gasteiger partial charge in [0, 0.05) is 31.3 Å². The van der Waals surface area contributed by atoms with E-state index in [4.69, 9.17) is 4.74 Å². The minimum Gasteiger partial charge on any atom is -0.381 e. The lowest BCUT2D eigenvalue weighted by molar-refractivity contribution is 0.0601. The molecule has 21 heavy (non-hydrogen) atoms. The predicted molar refractivity (Wildman–Crippen MR) is 80.6 cm³/mol. The normalized spacial score (nSPS) is 16.0. The summed E-state index contributed by atoms with van der Waals surface area (Å²) < 4.78 is 7.24. The average molecular weight is 306 g/mol. The van der Waals surface area contributed by atoms with Gasteiger partial charge in [-0.1, -0.05) is 0 Å². The minimum atomic E-state index is -0.190. The van der Waals surface area contributed by atoms with Gasteiger partial charge >= 0.3 is 0 Å². The summed E-state index contributed by atoms with van der Waals surface area (Å²) in [6.07, 6.45) is 5.68. The molecule has 6 nitrogen and oxygen atoms in total. The number of carbonyl (C=O) groups excluding carboxylic acids is 1. The van der Waals surface area contributed by atoms with Crippen LogP contribution in [0.1, 0.15) is 28.3 Å². The third-order valence-corrected chi connectivity index (χ3v) is 4.30. The van der Waals surface area contributed by atoms with Gasteiger partial charge in [0.25, 0.3) is 5.91 Å². The van der Waals surface area contributed by atoms with Gasteiger partial charge in [-0.2, -0.15) is 5.10 Å². The van der Waals surface area contributed by atoms with E-state index < -0.39 is 0 Å². The van der Waals surface area contributed by atoms with Crippen LogP contribution in [0.3, 0.4) is 0 Å². The summed E-state index contributed by atoms with van der Waals surface area (Å²) in [6.45, 7) is 4.42. The molecule has 0 atom stereocenters. The molecular weight excluding hydrogens is 288 g/mol. The summed E-state index contributed by atoms with van der Waals surface area (Å²) in [6, 6.07) is 0. The summed E-state index contributed by atoms with van der Waals surface area (Å²) in [7, 11) is 0. The van der Waals surface area contributed by atoms with Gasteiger partial charge in [-0.05, 0) is 25.7 Å². The summed E-state index contributed by atoms with van der Waals surface area (Å²) >= 11 is 1.47. The van der Waals surface area contributed by atoms with Gasteiger partial charge in [0.1, 0.15) is 5.69 Å². The lowest BCUT2D eigenvalue weighted by atomic mass is 10.0. The number of nitrogens with one attached hydrogen (secondary N) is 1. The number of rotatable bonds is 4. The predicted octanol–water partition coefficient (Wildman–Crippen LogP) is 2.33. The Labute approximate surface area is 127 Å². The van der Waals surface area contributed by atoms with Gasteiger partial charge in [-0.3, -0.25) is 9.48 Å². The van der Waals surface area contributed by atoms with E-state index in [-0.39, 0.29) is 5.91 Å². The maximum absolute atomic E-state index is 12.0. The molecular formula is C14H18N4O2S. The van der Waals surface area contributed by atoms with Crippen molar-refractivity contribution in [1.29, 1.82) is 0 Å². The van der Waals surface area contributed by atoms with E-state index in [0.717, 1.165) is 37.6 Å². The molecule has 1 saturated heterocycles. The van der Waals surface area contributed by atoms with Crippen molar-refractivity contribution in [2.75, 3.05) is 18.5 Å². The first-order valence-corrected chi connectivity index (χ1v) is 7.92. The second-order valence-corrected chi connectivity index (χ2v) is 6.27. The van der Waals surface area contributed by atoms with Crippen molar-refractivity contribution in [3.63, 3.8) is 0 Å². The number of aryl methyl sites for hydroxylation is 1. The van der Waals surface area contributed by atoms with Crippen molar-refractivity contribution in [1.82, 2.24) is 14.8 Å². The Morgan fingerprint density at radius 3 is 3.05 bits per heavy atom. The summed E-state index contributed by atoms with van der Waals surface area (Å²) in [5, 5.41) is 9.78. The number of thiazole rings is 1. The Kier molecular flexibility index (Phi) is 4.31. The summed E-state index contributed by atoms with van der Waals surface area (Å²) in [5.74, 6) is 0.411. The molecule has 3 rings (SSSR count). The Bertz CT molecular complexity index is 616. The molecule has 2 aromatic rings. The van der Waals surface area contributed by atoms with Crippen LogP contribution >= 0.6 is 11.3 Å². The van der Waals surface area contributed by atoms with E-state index >= 15 is 0 Å². The maximum Gasteiger partial charge on any atom is 0.275 e.